The second kappa shape index (κ2) is 10.5. The van der Waals surface area contributed by atoms with Crippen LogP contribution < -0.4 is 20.8 Å². The van der Waals surface area contributed by atoms with Crippen molar-refractivity contribution in [3.05, 3.63) is 87.6 Å². The molecule has 2 N–H and O–H groups in total. The van der Waals surface area contributed by atoms with Gasteiger partial charge in [-0.3, -0.25) is 10.1 Å². The molecule has 0 aliphatic rings. The molecule has 0 fully saturated rings. The lowest BCUT2D eigenvalue weighted by molar-refractivity contribution is -0.385. The van der Waals surface area contributed by atoms with Crippen LogP contribution in [0.4, 0.5) is 28.8 Å². The summed E-state index contributed by atoms with van der Waals surface area (Å²) in [5, 5.41) is 38.7. The maximum Gasteiger partial charge on any atom is 0.332 e. The van der Waals surface area contributed by atoms with Gasteiger partial charge in [-0.15, -0.1) is 0 Å². The fourth-order valence-electron chi connectivity index (χ4n) is 2.96. The van der Waals surface area contributed by atoms with Crippen molar-refractivity contribution < 1.29 is 24.7 Å². The van der Waals surface area contributed by atoms with E-state index >= 15 is 0 Å². The number of aromatic nitrogens is 2. The highest BCUT2D eigenvalue weighted by molar-refractivity contribution is 5.84. The molecule has 0 spiro atoms. The number of anilines is 4. The van der Waals surface area contributed by atoms with Crippen molar-refractivity contribution in [1.29, 1.82) is 0 Å². The van der Waals surface area contributed by atoms with Crippen molar-refractivity contribution >= 4 is 52.9 Å². The Balaban J connectivity index is 1.93. The van der Waals surface area contributed by atoms with Gasteiger partial charge in [-0.25, -0.2) is 4.98 Å². The summed E-state index contributed by atoms with van der Waals surface area (Å²) in [7, 11) is 0. The standard InChI is InChI=1S/C23H19N5O6/c1-14-21(28(33)34)22(25-17-6-2-4-15(12-17)8-10-19(29)30)27-23(24-14)26-18-7-3-5-16(13-18)9-11-20(31)32/h2-13H,1H3,(H,29,30)(H,31,32)(H2,24,25,26,27)/p-2/b10-8-,11-9+. The maximum atomic E-state index is 11.6. The molecule has 0 aliphatic heterocycles. The summed E-state index contributed by atoms with van der Waals surface area (Å²) < 4.78 is 0. The van der Waals surface area contributed by atoms with Crippen molar-refractivity contribution in [2.45, 2.75) is 6.92 Å². The molecule has 3 rings (SSSR count). The molecule has 3 aromatic rings. The van der Waals surface area contributed by atoms with E-state index < -0.39 is 16.9 Å². The van der Waals surface area contributed by atoms with Gasteiger partial charge >= 0.3 is 5.69 Å². The molecule has 0 unspecified atom stereocenters. The Labute approximate surface area is 193 Å². The number of carbonyl (C=O) groups is 2. The van der Waals surface area contributed by atoms with E-state index in [1.807, 2.05) is 0 Å². The van der Waals surface area contributed by atoms with Gasteiger partial charge in [0.2, 0.25) is 11.8 Å². The molecule has 0 atom stereocenters. The zero-order chi connectivity index (χ0) is 24.7. The normalized spacial score (nSPS) is 11.0. The number of hydrogen-bond donors (Lipinski definition) is 2. The molecule has 2 aromatic carbocycles. The van der Waals surface area contributed by atoms with E-state index in [1.165, 1.54) is 19.1 Å². The van der Waals surface area contributed by atoms with Crippen LogP contribution in [0.15, 0.2) is 60.7 Å². The van der Waals surface area contributed by atoms with Crippen LogP contribution in [0.3, 0.4) is 0 Å². The molecular weight excluding hydrogens is 442 g/mol. The summed E-state index contributed by atoms with van der Waals surface area (Å²) in [6.07, 6.45) is 4.45. The van der Waals surface area contributed by atoms with E-state index in [2.05, 4.69) is 20.6 Å². The van der Waals surface area contributed by atoms with Crippen molar-refractivity contribution in [3.8, 4) is 0 Å². The number of nitrogens with one attached hydrogen (secondary N) is 2. The average molecular weight is 459 g/mol. The minimum absolute atomic E-state index is 0.0691. The number of carbonyl (C=O) groups excluding carboxylic acids is 2. The van der Waals surface area contributed by atoms with Gasteiger partial charge in [-0.2, -0.15) is 4.98 Å². The molecule has 0 saturated heterocycles. The molecule has 34 heavy (non-hydrogen) atoms. The van der Waals surface area contributed by atoms with Crippen LogP contribution in [0.5, 0.6) is 0 Å². The predicted octanol–water partition coefficient (Wildman–Crippen LogP) is 1.71. The minimum atomic E-state index is -1.35. The molecule has 0 aliphatic carbocycles. The number of aliphatic carboxylic acids is 2. The summed E-state index contributed by atoms with van der Waals surface area (Å²) >= 11 is 0. The predicted molar refractivity (Wildman–Crippen MR) is 121 cm³/mol. The van der Waals surface area contributed by atoms with Gasteiger partial charge in [-0.05, 0) is 54.5 Å². The highest BCUT2D eigenvalue weighted by Crippen LogP contribution is 2.30. The first-order chi connectivity index (χ1) is 16.2. The van der Waals surface area contributed by atoms with Gasteiger partial charge < -0.3 is 30.4 Å². The van der Waals surface area contributed by atoms with Crippen LogP contribution >= 0.6 is 0 Å². The van der Waals surface area contributed by atoms with Gasteiger partial charge in [0.05, 0.1) is 16.9 Å². The fraction of sp³-hybridized carbons (Fsp3) is 0.0435. The summed E-state index contributed by atoms with van der Waals surface area (Å²) in [5.74, 6) is -2.69. The Hall–Kier alpha value is -5.06. The lowest BCUT2D eigenvalue weighted by atomic mass is 10.2. The van der Waals surface area contributed by atoms with Gasteiger partial charge in [0, 0.05) is 11.4 Å². The first-order valence-corrected chi connectivity index (χ1v) is 9.76. The first-order valence-electron chi connectivity index (χ1n) is 9.76. The van der Waals surface area contributed by atoms with Crippen molar-refractivity contribution in [3.63, 3.8) is 0 Å². The number of aryl methyl sites for hydroxylation is 1. The highest BCUT2D eigenvalue weighted by atomic mass is 16.6. The van der Waals surface area contributed by atoms with Crippen LogP contribution in [-0.2, 0) is 9.59 Å². The third-order valence-corrected chi connectivity index (χ3v) is 4.36. The van der Waals surface area contributed by atoms with Crippen LogP contribution in [0.2, 0.25) is 0 Å². The van der Waals surface area contributed by atoms with Gasteiger partial charge in [0.25, 0.3) is 0 Å². The number of benzene rings is 2. The van der Waals surface area contributed by atoms with Gasteiger partial charge in [-0.1, -0.05) is 36.4 Å². The van der Waals surface area contributed by atoms with E-state index in [4.69, 9.17) is 0 Å². The Morgan fingerprint density at radius 1 is 0.882 bits per heavy atom. The van der Waals surface area contributed by atoms with E-state index in [9.17, 15) is 29.9 Å². The second-order valence-electron chi connectivity index (χ2n) is 6.89. The van der Waals surface area contributed by atoms with E-state index in [0.717, 1.165) is 12.2 Å². The zero-order valence-corrected chi connectivity index (χ0v) is 17.7. The minimum Gasteiger partial charge on any atom is -0.545 e. The number of rotatable bonds is 9. The van der Waals surface area contributed by atoms with Crippen LogP contribution in [-0.4, -0.2) is 26.8 Å². The summed E-state index contributed by atoms with van der Waals surface area (Å²) in [6, 6.07) is 13.2. The Morgan fingerprint density at radius 3 is 1.91 bits per heavy atom. The Morgan fingerprint density at radius 2 is 1.41 bits per heavy atom. The SMILES string of the molecule is Cc1nc(Nc2cccc(/C=C/C(=O)[O-])c2)nc(Nc2cccc(/C=C\C(=O)[O-])c2)c1[N+](=O)[O-]. The molecule has 0 amide bonds. The Kier molecular flexibility index (Phi) is 7.29. The number of carboxylic acid groups (broad SMARTS) is 2. The van der Waals surface area contributed by atoms with Crippen LogP contribution in [0, 0.1) is 17.0 Å². The smallest absolute Gasteiger partial charge is 0.332 e. The number of nitrogens with zero attached hydrogens (tertiary/aromatic N) is 3. The third-order valence-electron chi connectivity index (χ3n) is 4.36. The topological polar surface area (TPSA) is 173 Å². The van der Waals surface area contributed by atoms with E-state index in [-0.39, 0.29) is 23.1 Å². The largest absolute Gasteiger partial charge is 0.545 e. The average Bonchev–Trinajstić information content (AvgIpc) is 2.76. The highest BCUT2D eigenvalue weighted by Gasteiger charge is 2.22. The van der Waals surface area contributed by atoms with E-state index in [0.29, 0.717) is 22.5 Å². The molecule has 11 heteroatoms. The van der Waals surface area contributed by atoms with Crippen molar-refractivity contribution in [2.24, 2.45) is 0 Å². The molecule has 0 radical (unpaired) electrons. The van der Waals surface area contributed by atoms with Crippen LogP contribution in [0.25, 0.3) is 12.2 Å². The lowest BCUT2D eigenvalue weighted by Gasteiger charge is -2.12. The maximum absolute atomic E-state index is 11.6. The monoisotopic (exact) mass is 459 g/mol. The number of hydrogen-bond acceptors (Lipinski definition) is 10. The number of carboxylic acids is 2. The molecule has 172 valence electrons. The van der Waals surface area contributed by atoms with Crippen LogP contribution in [0.1, 0.15) is 16.8 Å². The van der Waals surface area contributed by atoms with Gasteiger partial charge in [0.15, 0.2) is 0 Å². The van der Waals surface area contributed by atoms with E-state index in [1.54, 1.807) is 48.5 Å². The lowest BCUT2D eigenvalue weighted by Crippen LogP contribution is -2.18. The molecule has 0 bridgehead atoms. The summed E-state index contributed by atoms with van der Waals surface area (Å²) in [6.45, 7) is 1.47. The second-order valence-corrected chi connectivity index (χ2v) is 6.89. The quantitative estimate of drug-likeness (QED) is 0.272. The number of nitro groups is 1. The summed E-state index contributed by atoms with van der Waals surface area (Å²) in [4.78, 5) is 40.7. The summed E-state index contributed by atoms with van der Waals surface area (Å²) in [5.41, 5.74) is 1.84. The van der Waals surface area contributed by atoms with Crippen molar-refractivity contribution in [1.82, 2.24) is 9.97 Å². The first kappa shape index (κ1) is 23.6. The molecule has 1 aromatic heterocycles. The molecule has 1 heterocycles. The Bertz CT molecular complexity index is 1320. The molecule has 11 nitrogen and oxygen atoms in total. The molecule has 0 saturated carbocycles. The molecular formula is C23H17N5O6-2. The third kappa shape index (κ3) is 6.47. The van der Waals surface area contributed by atoms with Gasteiger partial charge in [0.1, 0.15) is 5.69 Å². The fourth-order valence-corrected chi connectivity index (χ4v) is 2.96. The zero-order valence-electron chi connectivity index (χ0n) is 17.7. The van der Waals surface area contributed by atoms with Crippen molar-refractivity contribution in [2.75, 3.05) is 10.6 Å².